The molecule has 1 fully saturated rings. The minimum absolute atomic E-state index is 0.160. The Hall–Kier alpha value is -0.980. The van der Waals surface area contributed by atoms with Gasteiger partial charge in [0.2, 0.25) is 0 Å². The highest BCUT2D eigenvalue weighted by Crippen LogP contribution is 2.33. The van der Waals surface area contributed by atoms with Crippen LogP contribution >= 0.6 is 15.9 Å². The summed E-state index contributed by atoms with van der Waals surface area (Å²) < 4.78 is 0.550. The van der Waals surface area contributed by atoms with Crippen molar-refractivity contribution in [2.45, 2.75) is 38.6 Å². The Morgan fingerprint density at radius 3 is 2.73 bits per heavy atom. The van der Waals surface area contributed by atoms with Crippen molar-refractivity contribution in [3.8, 4) is 0 Å². The fraction of sp³-hybridized carbons (Fsp3) is 0.625. The molecule has 1 aromatic rings. The maximum Gasteiger partial charge on any atom is 0.283 e. The van der Waals surface area contributed by atoms with E-state index < -0.39 is 0 Å². The number of halogens is 1. The summed E-state index contributed by atoms with van der Waals surface area (Å²) in [6.45, 7) is 6.18. The van der Waals surface area contributed by atoms with Crippen molar-refractivity contribution in [3.05, 3.63) is 38.3 Å². The number of nitrogens with one attached hydrogen (secondary N) is 1. The van der Waals surface area contributed by atoms with Crippen LogP contribution in [0.1, 0.15) is 44.2 Å². The van der Waals surface area contributed by atoms with Crippen molar-refractivity contribution in [1.82, 2.24) is 10.2 Å². The summed E-state index contributed by atoms with van der Waals surface area (Å²) in [7, 11) is 0. The zero-order valence-corrected chi connectivity index (χ0v) is 14.6. The van der Waals surface area contributed by atoms with Gasteiger partial charge in [0, 0.05) is 38.3 Å². The second-order valence-corrected chi connectivity index (χ2v) is 6.62. The molecule has 0 amide bonds. The second-order valence-electron chi connectivity index (χ2n) is 5.77. The van der Waals surface area contributed by atoms with Crippen molar-refractivity contribution in [1.29, 1.82) is 0 Å². The number of hydrogen-bond acceptors (Lipinski definition) is 4. The summed E-state index contributed by atoms with van der Waals surface area (Å²) >= 11 is 3.27. The molecule has 1 aliphatic heterocycles. The summed E-state index contributed by atoms with van der Waals surface area (Å²) in [5.41, 5.74) is 1.22. The first-order chi connectivity index (χ1) is 10.6. The zero-order valence-electron chi connectivity index (χ0n) is 13.1. The van der Waals surface area contributed by atoms with Gasteiger partial charge in [-0.15, -0.1) is 0 Å². The van der Waals surface area contributed by atoms with Crippen LogP contribution < -0.4 is 5.32 Å². The van der Waals surface area contributed by atoms with E-state index in [1.165, 1.54) is 12.8 Å². The van der Waals surface area contributed by atoms with Crippen LogP contribution in [0.25, 0.3) is 0 Å². The van der Waals surface area contributed by atoms with Gasteiger partial charge in [0.05, 0.1) is 9.40 Å². The minimum atomic E-state index is -0.311. The van der Waals surface area contributed by atoms with Crippen LogP contribution in [0.3, 0.4) is 0 Å². The van der Waals surface area contributed by atoms with Gasteiger partial charge in [-0.2, -0.15) is 0 Å². The quantitative estimate of drug-likeness (QED) is 0.450. The molecule has 6 heteroatoms. The molecule has 0 aliphatic carbocycles. The van der Waals surface area contributed by atoms with E-state index in [1.807, 2.05) is 12.1 Å². The third kappa shape index (κ3) is 4.51. The lowest BCUT2D eigenvalue weighted by atomic mass is 9.97. The first kappa shape index (κ1) is 17.4. The Morgan fingerprint density at radius 2 is 2.09 bits per heavy atom. The van der Waals surface area contributed by atoms with E-state index in [1.54, 1.807) is 6.07 Å². The topological polar surface area (TPSA) is 58.4 Å². The fourth-order valence-corrected chi connectivity index (χ4v) is 3.41. The van der Waals surface area contributed by atoms with E-state index in [-0.39, 0.29) is 16.7 Å². The molecule has 2 rings (SSSR count). The highest BCUT2D eigenvalue weighted by atomic mass is 79.9. The van der Waals surface area contributed by atoms with Gasteiger partial charge in [-0.05, 0) is 34.0 Å². The van der Waals surface area contributed by atoms with Crippen molar-refractivity contribution < 1.29 is 4.92 Å². The number of nitro groups is 1. The molecule has 0 unspecified atom stereocenters. The van der Waals surface area contributed by atoms with Crippen molar-refractivity contribution in [2.75, 3.05) is 26.2 Å². The van der Waals surface area contributed by atoms with Gasteiger partial charge < -0.3 is 5.32 Å². The molecule has 1 atom stereocenters. The maximum atomic E-state index is 11.2. The highest BCUT2D eigenvalue weighted by molar-refractivity contribution is 9.10. The van der Waals surface area contributed by atoms with Crippen LogP contribution in [0.2, 0.25) is 0 Å². The second kappa shape index (κ2) is 8.60. The average Bonchev–Trinajstić information content (AvgIpc) is 2.53. The molecule has 0 saturated carbocycles. The number of nitrogens with zero attached hydrogens (tertiary/aromatic N) is 2. The molecule has 0 bridgehead atoms. The first-order valence-electron chi connectivity index (χ1n) is 8.02. The van der Waals surface area contributed by atoms with E-state index in [9.17, 15) is 10.1 Å². The summed E-state index contributed by atoms with van der Waals surface area (Å²) in [6, 6.07) is 5.85. The summed E-state index contributed by atoms with van der Waals surface area (Å²) in [6.07, 6.45) is 4.62. The number of piperazine rings is 1. The predicted octanol–water partition coefficient (Wildman–Crippen LogP) is 3.88. The molecule has 1 aromatic carbocycles. The molecular formula is C16H24BrN3O2. The van der Waals surface area contributed by atoms with E-state index in [4.69, 9.17) is 0 Å². The van der Waals surface area contributed by atoms with Crippen LogP contribution in [-0.2, 0) is 0 Å². The van der Waals surface area contributed by atoms with Gasteiger partial charge in [0.25, 0.3) is 5.69 Å². The molecule has 0 radical (unpaired) electrons. The Labute approximate surface area is 140 Å². The van der Waals surface area contributed by atoms with Gasteiger partial charge in [-0.1, -0.05) is 32.3 Å². The van der Waals surface area contributed by atoms with Crippen LogP contribution in [0.15, 0.2) is 22.7 Å². The smallest absolute Gasteiger partial charge is 0.283 e. The monoisotopic (exact) mass is 369 g/mol. The van der Waals surface area contributed by atoms with Crippen molar-refractivity contribution in [2.24, 2.45) is 0 Å². The van der Waals surface area contributed by atoms with Gasteiger partial charge in [0.15, 0.2) is 0 Å². The van der Waals surface area contributed by atoms with Crippen LogP contribution in [0.4, 0.5) is 5.69 Å². The number of nitro benzene ring substituents is 1. The molecular weight excluding hydrogens is 346 g/mol. The largest absolute Gasteiger partial charge is 0.314 e. The molecule has 0 spiro atoms. The summed E-state index contributed by atoms with van der Waals surface area (Å²) in [5, 5.41) is 14.6. The van der Waals surface area contributed by atoms with Crippen molar-refractivity contribution >= 4 is 21.6 Å². The van der Waals surface area contributed by atoms with Crippen LogP contribution in [0, 0.1) is 10.1 Å². The Kier molecular flexibility index (Phi) is 6.79. The lowest BCUT2D eigenvalue weighted by molar-refractivity contribution is -0.385. The lowest BCUT2D eigenvalue weighted by Gasteiger charge is -2.35. The average molecular weight is 370 g/mol. The van der Waals surface area contributed by atoms with Gasteiger partial charge in [-0.3, -0.25) is 15.0 Å². The molecule has 1 aliphatic rings. The third-order valence-corrected chi connectivity index (χ3v) is 4.90. The number of unbranched alkanes of at least 4 members (excludes halogenated alkanes) is 2. The molecule has 0 aromatic heterocycles. The summed E-state index contributed by atoms with van der Waals surface area (Å²) in [5.74, 6) is 0. The van der Waals surface area contributed by atoms with Gasteiger partial charge in [0.1, 0.15) is 0 Å². The molecule has 1 saturated heterocycles. The maximum absolute atomic E-state index is 11.2. The molecule has 22 heavy (non-hydrogen) atoms. The number of rotatable bonds is 7. The molecule has 1 heterocycles. The minimum Gasteiger partial charge on any atom is -0.314 e. The van der Waals surface area contributed by atoms with E-state index in [0.29, 0.717) is 4.47 Å². The van der Waals surface area contributed by atoms with Crippen LogP contribution in [-0.4, -0.2) is 36.0 Å². The van der Waals surface area contributed by atoms with Crippen LogP contribution in [0.5, 0.6) is 0 Å². The number of benzene rings is 1. The van der Waals surface area contributed by atoms with Crippen molar-refractivity contribution in [3.63, 3.8) is 0 Å². The third-order valence-electron chi connectivity index (χ3n) is 4.23. The fourth-order valence-electron chi connectivity index (χ4n) is 3.02. The number of hydrogen-bond donors (Lipinski definition) is 1. The first-order valence-corrected chi connectivity index (χ1v) is 8.81. The van der Waals surface area contributed by atoms with E-state index >= 15 is 0 Å². The lowest BCUT2D eigenvalue weighted by Crippen LogP contribution is -2.45. The molecule has 122 valence electrons. The molecule has 5 nitrogen and oxygen atoms in total. The van der Waals surface area contributed by atoms with E-state index in [0.717, 1.165) is 44.6 Å². The standard InChI is InChI=1S/C16H24BrN3O2/c1-2-3-4-5-15(19-10-8-18-9-11-19)13-6-7-14(17)16(12-13)20(21)22/h6-7,12,15,18H,2-5,8-11H2,1H3/t15-/m1/s1. The predicted molar refractivity (Wildman–Crippen MR) is 92.1 cm³/mol. The Bertz CT molecular complexity index is 504. The SMILES string of the molecule is CCCCC[C@H](c1ccc(Br)c([N+](=O)[O-])c1)N1CCNCC1. The normalized spacial score (nSPS) is 17.4. The van der Waals surface area contributed by atoms with Gasteiger partial charge >= 0.3 is 0 Å². The Morgan fingerprint density at radius 1 is 1.36 bits per heavy atom. The zero-order chi connectivity index (χ0) is 15.9. The highest BCUT2D eigenvalue weighted by Gasteiger charge is 2.24. The van der Waals surface area contributed by atoms with Gasteiger partial charge in [-0.25, -0.2) is 0 Å². The molecule has 1 N–H and O–H groups in total. The summed E-state index contributed by atoms with van der Waals surface area (Å²) in [4.78, 5) is 13.3. The van der Waals surface area contributed by atoms with E-state index in [2.05, 4.69) is 33.1 Å². The Balaban J connectivity index is 2.22.